The van der Waals surface area contributed by atoms with Gasteiger partial charge in [-0.05, 0) is 33.8 Å². The molecule has 0 radical (unpaired) electrons. The number of hydrogen-bond donors (Lipinski definition) is 0. The van der Waals surface area contributed by atoms with Crippen LogP contribution in [0, 0.1) is 5.21 Å². The van der Waals surface area contributed by atoms with Gasteiger partial charge in [0.05, 0.1) is 0 Å². The topological polar surface area (TPSA) is 102 Å². The largest absolute Gasteiger partial charge is 0.618 e. The van der Waals surface area contributed by atoms with Crippen molar-refractivity contribution in [2.24, 2.45) is 0 Å². The molecule has 0 saturated heterocycles. The molecule has 5 aromatic rings. The smallest absolute Gasteiger partial charge is 0.244 e. The van der Waals surface area contributed by atoms with Crippen molar-refractivity contribution in [2.45, 2.75) is 39.0 Å². The maximum absolute atomic E-state index is 16.0. The molecule has 0 spiro atoms. The van der Waals surface area contributed by atoms with Crippen molar-refractivity contribution in [2.75, 3.05) is 26.2 Å². The molecule has 51 heavy (non-hydrogen) atoms. The Kier molecular flexibility index (Phi) is 12.1. The highest BCUT2D eigenvalue weighted by Crippen LogP contribution is 2.59. The minimum Gasteiger partial charge on any atom is -0.618 e. The van der Waals surface area contributed by atoms with E-state index in [1.165, 1.54) is 12.1 Å². The van der Waals surface area contributed by atoms with Crippen LogP contribution in [0.3, 0.4) is 0 Å². The van der Waals surface area contributed by atoms with Crippen LogP contribution >= 0.6 is 14.3 Å². The average Bonchev–Trinajstić information content (AvgIpc) is 3.18. The third-order valence-corrected chi connectivity index (χ3v) is 16.2. The van der Waals surface area contributed by atoms with Gasteiger partial charge < -0.3 is 24.1 Å². The monoisotopic (exact) mass is 721 g/mol. The lowest BCUT2D eigenvalue weighted by Gasteiger charge is -2.33. The molecule has 10 heteroatoms. The number of hydrogen-bond acceptors (Lipinski definition) is 5. The number of nitrogens with zero attached hydrogens (tertiary/aromatic N) is 3. The molecule has 1 heterocycles. The second kappa shape index (κ2) is 16.5. The van der Waals surface area contributed by atoms with Crippen molar-refractivity contribution >= 4 is 47.3 Å². The molecule has 0 aliphatic heterocycles. The van der Waals surface area contributed by atoms with E-state index in [0.717, 1.165) is 0 Å². The summed E-state index contributed by atoms with van der Waals surface area (Å²) in [6.45, 7) is 8.66. The van der Waals surface area contributed by atoms with E-state index >= 15 is 14.3 Å². The second-order valence-corrected chi connectivity index (χ2v) is 17.9. The number of benzene rings is 4. The first-order valence-electron chi connectivity index (χ1n) is 17.4. The van der Waals surface area contributed by atoms with Crippen LogP contribution in [0.1, 0.15) is 50.4 Å². The van der Waals surface area contributed by atoms with E-state index in [2.05, 4.69) is 0 Å². The van der Waals surface area contributed by atoms with Crippen LogP contribution in [0.15, 0.2) is 140 Å². The zero-order valence-electron chi connectivity index (χ0n) is 29.5. The first-order chi connectivity index (χ1) is 24.7. The van der Waals surface area contributed by atoms with Gasteiger partial charge in [-0.1, -0.05) is 121 Å². The lowest BCUT2D eigenvalue weighted by molar-refractivity contribution is -0.621. The molecule has 4 aromatic carbocycles. The van der Waals surface area contributed by atoms with Gasteiger partial charge in [0.2, 0.25) is 23.2 Å². The summed E-state index contributed by atoms with van der Waals surface area (Å²) < 4.78 is 32.5. The Morgan fingerprint density at radius 3 is 0.980 bits per heavy atom. The molecular weight excluding hydrogens is 676 g/mol. The number of pyridine rings is 1. The van der Waals surface area contributed by atoms with E-state index in [1.807, 2.05) is 52.0 Å². The molecule has 2 unspecified atom stereocenters. The molecule has 8 nitrogen and oxygen atoms in total. The molecule has 0 saturated carbocycles. The lowest BCUT2D eigenvalue weighted by Crippen LogP contribution is -2.48. The van der Waals surface area contributed by atoms with Crippen LogP contribution in [-0.4, -0.2) is 47.8 Å². The van der Waals surface area contributed by atoms with Crippen LogP contribution in [0.2, 0.25) is 0 Å². The normalized spacial score (nSPS) is 12.9. The molecular formula is C41H45N3O5P2. The Morgan fingerprint density at radius 1 is 0.490 bits per heavy atom. The average molecular weight is 722 g/mol. The van der Waals surface area contributed by atoms with Crippen molar-refractivity contribution < 1.29 is 23.4 Å². The van der Waals surface area contributed by atoms with Gasteiger partial charge in [-0.3, -0.25) is 9.59 Å². The first-order valence-corrected chi connectivity index (χ1v) is 20.9. The van der Waals surface area contributed by atoms with Gasteiger partial charge in [0.25, 0.3) is 0 Å². The van der Waals surface area contributed by atoms with Crippen molar-refractivity contribution in [1.82, 2.24) is 9.80 Å². The van der Waals surface area contributed by atoms with Crippen LogP contribution < -0.4 is 25.9 Å². The molecule has 2 amide bonds. The Labute approximate surface area is 301 Å². The van der Waals surface area contributed by atoms with Crippen molar-refractivity contribution in [3.05, 3.63) is 156 Å². The molecule has 1 aromatic heterocycles. The fourth-order valence-corrected chi connectivity index (χ4v) is 13.1. The highest BCUT2D eigenvalue weighted by atomic mass is 31.2. The van der Waals surface area contributed by atoms with Crippen molar-refractivity contribution in [1.29, 1.82) is 0 Å². The van der Waals surface area contributed by atoms with Crippen LogP contribution in [0.25, 0.3) is 0 Å². The summed E-state index contributed by atoms with van der Waals surface area (Å²) in [6.07, 6.45) is 0. The van der Waals surface area contributed by atoms with Gasteiger partial charge >= 0.3 is 0 Å². The molecule has 0 aliphatic carbocycles. The summed E-state index contributed by atoms with van der Waals surface area (Å²) in [5.74, 6) is -0.947. The predicted molar refractivity (Wildman–Crippen MR) is 206 cm³/mol. The van der Waals surface area contributed by atoms with Crippen LogP contribution in [0.5, 0.6) is 0 Å². The quantitative estimate of drug-likeness (QED) is 0.0777. The van der Waals surface area contributed by atoms with E-state index in [-0.39, 0.29) is 11.4 Å². The summed E-state index contributed by atoms with van der Waals surface area (Å²) in [5, 5.41) is 16.9. The van der Waals surface area contributed by atoms with Crippen molar-refractivity contribution in [3.8, 4) is 0 Å². The Hall–Kier alpha value is -4.77. The van der Waals surface area contributed by atoms with Gasteiger partial charge in [0.1, 0.15) is 0 Å². The molecule has 2 atom stereocenters. The number of aromatic nitrogens is 1. The molecule has 0 N–H and O–H groups in total. The minimum atomic E-state index is -3.96. The van der Waals surface area contributed by atoms with Gasteiger partial charge in [0.15, 0.2) is 25.6 Å². The molecule has 0 aliphatic rings. The SMILES string of the molecule is CCN(CC)C(=O)C(c1cccc(C(C(=O)N(CC)CC)P(=O)(c2ccccc2)c2ccccc2)[n+]1[O-])P(=O)(c1ccccc1)c1ccccc1. The highest BCUT2D eigenvalue weighted by molar-refractivity contribution is 7.80. The summed E-state index contributed by atoms with van der Waals surface area (Å²) in [6, 6.07) is 39.8. The second-order valence-electron chi connectivity index (χ2n) is 12.2. The number of carbonyl (C=O) groups excluding carboxylic acids is 2. The van der Waals surface area contributed by atoms with E-state index < -0.39 is 37.4 Å². The zero-order chi connectivity index (χ0) is 36.6. The predicted octanol–water partition coefficient (Wildman–Crippen LogP) is 6.17. The Morgan fingerprint density at radius 2 is 0.745 bits per heavy atom. The number of likely N-dealkylation sites (N-methyl/N-ethyl adjacent to an activating group) is 2. The summed E-state index contributed by atoms with van der Waals surface area (Å²) in [7, 11) is -7.91. The van der Waals surface area contributed by atoms with E-state index in [9.17, 15) is 9.59 Å². The van der Waals surface area contributed by atoms with Gasteiger partial charge in [0, 0.05) is 59.5 Å². The molecule has 0 fully saturated rings. The number of amides is 2. The first kappa shape index (κ1) is 37.5. The summed E-state index contributed by atoms with van der Waals surface area (Å²) in [4.78, 5) is 32.7. The Balaban J connectivity index is 1.88. The minimum absolute atomic E-state index is 0.0783. The van der Waals surface area contributed by atoms with E-state index in [0.29, 0.717) is 52.1 Å². The standard InChI is InChI=1S/C41H45N3O5P2/c1-5-42(6-2)40(45)38(50(48,32-22-13-9-14-23-32)33-24-15-10-16-25-33)36-30-21-31-37(44(36)47)39(41(46)43(7-3)8-4)51(49,34-26-17-11-18-27-34)35-28-19-12-20-29-35/h9-31,38-39H,5-8H2,1-4H3. The number of carbonyl (C=O) groups is 2. The molecule has 264 valence electrons. The third-order valence-electron chi connectivity index (χ3n) is 9.47. The van der Waals surface area contributed by atoms with Crippen LogP contribution in [0.4, 0.5) is 0 Å². The van der Waals surface area contributed by atoms with E-state index in [4.69, 9.17) is 0 Å². The highest BCUT2D eigenvalue weighted by Gasteiger charge is 2.52. The lowest BCUT2D eigenvalue weighted by atomic mass is 10.1. The summed E-state index contributed by atoms with van der Waals surface area (Å²) >= 11 is 0. The van der Waals surface area contributed by atoms with Gasteiger partial charge in [-0.2, -0.15) is 4.73 Å². The van der Waals surface area contributed by atoms with Crippen LogP contribution in [-0.2, 0) is 18.7 Å². The third kappa shape index (κ3) is 7.08. The number of rotatable bonds is 14. The molecule has 5 rings (SSSR count). The van der Waals surface area contributed by atoms with Gasteiger partial charge in [-0.15, -0.1) is 0 Å². The fourth-order valence-electron chi connectivity index (χ4n) is 6.78. The van der Waals surface area contributed by atoms with Gasteiger partial charge in [-0.25, -0.2) is 0 Å². The Bertz CT molecular complexity index is 1790. The zero-order valence-corrected chi connectivity index (χ0v) is 31.3. The maximum Gasteiger partial charge on any atom is 0.244 e. The van der Waals surface area contributed by atoms with E-state index in [1.54, 1.807) is 113 Å². The molecule has 0 bridgehead atoms. The van der Waals surface area contributed by atoms with Crippen molar-refractivity contribution in [3.63, 3.8) is 0 Å². The summed E-state index contributed by atoms with van der Waals surface area (Å²) in [5.41, 5.74) is -3.05. The fraction of sp³-hybridized carbons (Fsp3) is 0.244. The maximum atomic E-state index is 16.0.